The van der Waals surface area contributed by atoms with Crippen LogP contribution in [0.5, 0.6) is 0 Å². The van der Waals surface area contributed by atoms with E-state index < -0.39 is 30.4 Å². The molecule has 0 amide bonds. The topological polar surface area (TPSA) is 0 Å². The average molecular weight is 956 g/mol. The number of hydrogen-bond donors (Lipinski definition) is 0. The molecule has 69 heavy (non-hydrogen) atoms. The predicted molar refractivity (Wildman–Crippen MR) is 317 cm³/mol. The van der Waals surface area contributed by atoms with Crippen LogP contribution in [0, 0.1) is 20.8 Å². The first kappa shape index (κ1) is 44.1. The van der Waals surface area contributed by atoms with Crippen molar-refractivity contribution in [3.63, 3.8) is 0 Å². The highest BCUT2D eigenvalue weighted by Crippen LogP contribution is 2.43. The molecule has 0 saturated carbocycles. The van der Waals surface area contributed by atoms with E-state index in [1.165, 1.54) is 115 Å². The van der Waals surface area contributed by atoms with Crippen molar-refractivity contribution in [2.24, 2.45) is 0 Å². The van der Waals surface area contributed by atoms with Gasteiger partial charge in [-0.25, -0.2) is 0 Å². The number of fused-ring (bicyclic) bond motifs is 2. The Hall–Kier alpha value is -6.15. The maximum atomic E-state index is 2.73. The largest absolute Gasteiger partial charge is 0.0800 e. The van der Waals surface area contributed by atoms with Gasteiger partial charge in [0.25, 0.3) is 0 Å². The second-order valence-electron chi connectivity index (χ2n) is 22.7. The Morgan fingerprint density at radius 2 is 0.638 bits per heavy atom. The molecule has 0 aromatic heterocycles. The minimum atomic E-state index is -2.35. The summed E-state index contributed by atoms with van der Waals surface area (Å²) in [5.41, 5.74) is 12.2. The maximum absolute atomic E-state index is 2.73. The third-order valence-corrected chi connectivity index (χ3v) is 53.3. The molecule has 0 fully saturated rings. The van der Waals surface area contributed by atoms with Gasteiger partial charge in [-0.2, -0.15) is 0 Å². The van der Waals surface area contributed by atoms with Crippen LogP contribution in [0.25, 0.3) is 98.0 Å². The van der Waals surface area contributed by atoms with E-state index in [1.54, 1.807) is 20.7 Å². The fourth-order valence-electron chi connectivity index (χ4n) is 13.0. The normalized spacial score (nSPS) is 15.9. The number of rotatable bonds is 3. The molecule has 0 aliphatic carbocycles. The van der Waals surface area contributed by atoms with Gasteiger partial charge < -0.3 is 0 Å². The van der Waals surface area contributed by atoms with E-state index in [1.807, 2.05) is 0 Å². The van der Waals surface area contributed by atoms with Crippen molar-refractivity contribution in [3.05, 3.63) is 193 Å². The minimum absolute atomic E-state index is 1.29. The van der Waals surface area contributed by atoms with Gasteiger partial charge in [-0.15, -0.1) is 0 Å². The minimum Gasteiger partial charge on any atom is -0.0671 e. The van der Waals surface area contributed by atoms with E-state index >= 15 is 0 Å². The Kier molecular flexibility index (Phi) is 9.85. The molecule has 338 valence electrons. The van der Waals surface area contributed by atoms with Gasteiger partial charge in [0.15, 0.2) is 0 Å². The maximum Gasteiger partial charge on any atom is 0.0800 e. The molecule has 12 rings (SSSR count). The van der Waals surface area contributed by atoms with Crippen molar-refractivity contribution >= 4 is 116 Å². The summed E-state index contributed by atoms with van der Waals surface area (Å²) in [5.74, 6) is 0. The lowest BCUT2D eigenvalue weighted by atomic mass is 9.87. The molecule has 1 aliphatic heterocycles. The molecule has 11 aromatic rings. The summed E-state index contributed by atoms with van der Waals surface area (Å²) in [5, 5.41) is 23.0. The molecule has 11 aromatic carbocycles. The fourth-order valence-corrected chi connectivity index (χ4v) is 31.9. The van der Waals surface area contributed by atoms with Crippen LogP contribution in [0.3, 0.4) is 0 Å². The highest BCUT2D eigenvalue weighted by molar-refractivity contribution is 7.51. The Morgan fingerprint density at radius 1 is 0.261 bits per heavy atom. The zero-order valence-electron chi connectivity index (χ0n) is 42.2. The van der Waals surface area contributed by atoms with Crippen LogP contribution in [-0.4, -0.2) is 30.4 Å². The zero-order chi connectivity index (χ0) is 47.9. The number of hydrogen-bond acceptors (Lipinski definition) is 0. The molecule has 0 saturated heterocycles. The lowest BCUT2D eigenvalue weighted by Crippen LogP contribution is -2.70. The standard InChI is InChI=1S/C65H62Si4/c1-41-32-42(2)64(43(3)33-41)65-54-28-18-30-60-58(54)40-59-55(65)29-19-31-61(59)67(6,7)69(10,11)63-38-49(53-27-17-23-45-21-13-15-25-51(45)53)36-47-34-46-35-48(52-26-16-22-44-20-12-14-24-50(44)52)37-62(56(46)39-57(47)63)68(8,9)66(60,4)5/h12-40H,1-11H3. The van der Waals surface area contributed by atoms with E-state index in [2.05, 4.69) is 249 Å². The molecule has 1 heterocycles. The Labute approximate surface area is 412 Å². The molecule has 4 heteroatoms. The highest BCUT2D eigenvalue weighted by atomic mass is 29.3. The summed E-state index contributed by atoms with van der Waals surface area (Å²) in [6.45, 7) is 28.8. The summed E-state index contributed by atoms with van der Waals surface area (Å²) in [6.07, 6.45) is 0. The van der Waals surface area contributed by atoms with Crippen molar-refractivity contribution in [2.75, 3.05) is 0 Å². The first-order valence-corrected chi connectivity index (χ1v) is 39.1. The van der Waals surface area contributed by atoms with E-state index in [0.29, 0.717) is 0 Å². The third kappa shape index (κ3) is 6.41. The van der Waals surface area contributed by atoms with Gasteiger partial charge >= 0.3 is 0 Å². The van der Waals surface area contributed by atoms with Gasteiger partial charge in [0, 0.05) is 0 Å². The predicted octanol–water partition coefficient (Wildman–Crippen LogP) is 16.1. The van der Waals surface area contributed by atoms with Crippen LogP contribution < -0.4 is 20.7 Å². The Balaban J connectivity index is 1.28. The van der Waals surface area contributed by atoms with Crippen molar-refractivity contribution in [1.82, 2.24) is 0 Å². The van der Waals surface area contributed by atoms with Crippen LogP contribution in [0.15, 0.2) is 176 Å². The molecule has 0 nitrogen and oxygen atoms in total. The molecule has 1 aliphatic rings. The van der Waals surface area contributed by atoms with Gasteiger partial charge in [0.2, 0.25) is 0 Å². The smallest absolute Gasteiger partial charge is 0.0671 e. The Morgan fingerprint density at radius 3 is 1.10 bits per heavy atom. The van der Waals surface area contributed by atoms with E-state index in [4.69, 9.17) is 0 Å². The number of benzene rings is 11. The van der Waals surface area contributed by atoms with Gasteiger partial charge in [-0.1, -0.05) is 224 Å². The quantitative estimate of drug-likeness (QED) is 0.122. The molecule has 0 spiro atoms. The first-order valence-electron chi connectivity index (χ1n) is 25.1. The summed E-state index contributed by atoms with van der Waals surface area (Å²) in [4.78, 5) is 0. The summed E-state index contributed by atoms with van der Waals surface area (Å²) < 4.78 is 0. The molecule has 0 atom stereocenters. The first-order chi connectivity index (χ1) is 33.0. The zero-order valence-corrected chi connectivity index (χ0v) is 46.2. The van der Waals surface area contributed by atoms with Gasteiger partial charge in [0.05, 0.1) is 30.4 Å². The van der Waals surface area contributed by atoms with Crippen LogP contribution in [0.2, 0.25) is 52.4 Å². The van der Waals surface area contributed by atoms with Crippen molar-refractivity contribution in [1.29, 1.82) is 0 Å². The van der Waals surface area contributed by atoms with E-state index in [0.717, 1.165) is 0 Å². The van der Waals surface area contributed by atoms with Gasteiger partial charge in [-0.3, -0.25) is 0 Å². The highest BCUT2D eigenvalue weighted by Gasteiger charge is 2.48. The van der Waals surface area contributed by atoms with Crippen molar-refractivity contribution in [3.8, 4) is 33.4 Å². The van der Waals surface area contributed by atoms with Crippen LogP contribution in [0.4, 0.5) is 0 Å². The SMILES string of the molecule is Cc1cc(C)c(-c2c3cccc4c3cc3c(cccc23)[Si](C)(C)[Si](C)(C)c2cc(-c3cccc5ccccc35)cc3cc5cc(-c6cccc7ccccc67)cc(c5cc23)[Si](C)(C)[Si]4(C)C)c(C)c1. The molecule has 0 radical (unpaired) electrons. The van der Waals surface area contributed by atoms with Crippen molar-refractivity contribution < 1.29 is 0 Å². The third-order valence-electron chi connectivity index (χ3n) is 18.0. The average Bonchev–Trinajstić information content (AvgIpc) is 3.33. The monoisotopic (exact) mass is 954 g/mol. The lowest BCUT2D eigenvalue weighted by Gasteiger charge is -2.43. The molecule has 0 N–H and O–H groups in total. The molecular formula is C65H62Si4. The summed E-state index contributed by atoms with van der Waals surface area (Å²) >= 11 is 0. The van der Waals surface area contributed by atoms with Gasteiger partial charge in [-0.05, 0) is 160 Å². The Bertz CT molecular complexity index is 3740. The fraction of sp³-hybridized carbons (Fsp3) is 0.169. The summed E-state index contributed by atoms with van der Waals surface area (Å²) in [6, 6.07) is 69.8. The molecular weight excluding hydrogens is 893 g/mol. The van der Waals surface area contributed by atoms with E-state index in [9.17, 15) is 0 Å². The van der Waals surface area contributed by atoms with Crippen LogP contribution >= 0.6 is 0 Å². The second kappa shape index (κ2) is 15.4. The summed E-state index contributed by atoms with van der Waals surface area (Å²) in [7, 11) is -9.35. The lowest BCUT2D eigenvalue weighted by molar-refractivity contribution is 1.33. The number of aryl methyl sites for hydroxylation is 3. The molecule has 0 unspecified atom stereocenters. The van der Waals surface area contributed by atoms with Crippen LogP contribution in [-0.2, 0) is 0 Å². The van der Waals surface area contributed by atoms with Gasteiger partial charge in [0.1, 0.15) is 0 Å². The second-order valence-corrected chi connectivity index (χ2v) is 52.9. The van der Waals surface area contributed by atoms with E-state index in [-0.39, 0.29) is 0 Å². The molecule has 4 bridgehead atoms. The van der Waals surface area contributed by atoms with Crippen LogP contribution in [0.1, 0.15) is 16.7 Å². The van der Waals surface area contributed by atoms with Crippen molar-refractivity contribution in [2.45, 2.75) is 73.1 Å².